The van der Waals surface area contributed by atoms with Gasteiger partial charge in [0.2, 0.25) is 35.4 Å². The molecule has 2 heterocycles. The maximum absolute atomic E-state index is 14.7. The van der Waals surface area contributed by atoms with E-state index in [0.717, 1.165) is 21.2 Å². The van der Waals surface area contributed by atoms with Crippen LogP contribution < -0.4 is 43.4 Å². The average molecular weight is 1220 g/mol. The number of hydrogen-bond donors (Lipinski definition) is 12. The Morgan fingerprint density at radius 1 is 0.602 bits per heavy atom. The fourth-order valence-corrected chi connectivity index (χ4v) is 10.3. The minimum atomic E-state index is -1.29. The molecule has 2 aliphatic heterocycles. The maximum atomic E-state index is 14.7. The average Bonchev–Trinajstić information content (AvgIpc) is 3.70. The number of fused-ring (bicyclic) bond motifs is 1. The van der Waals surface area contributed by atoms with E-state index >= 15 is 0 Å². The van der Waals surface area contributed by atoms with Crippen molar-refractivity contribution < 1.29 is 68.4 Å². The number of phenolic OH excluding ortho intramolecular Hbond substituents is 1. The Morgan fingerprint density at radius 3 is 1.73 bits per heavy atom. The van der Waals surface area contributed by atoms with Crippen molar-refractivity contribution in [2.45, 2.75) is 69.1 Å². The number of carbonyl (C=O) groups is 10. The summed E-state index contributed by atoms with van der Waals surface area (Å²) in [7, 11) is 1.38. The molecule has 28 nitrogen and oxygen atoms in total. The number of rotatable bonds is 23. The van der Waals surface area contributed by atoms with Crippen LogP contribution in [0.5, 0.6) is 5.75 Å². The van der Waals surface area contributed by atoms with E-state index in [0.29, 0.717) is 17.7 Å². The van der Waals surface area contributed by atoms with E-state index in [1.54, 1.807) is 31.7 Å². The normalized spacial score (nSPS) is 19.5. The summed E-state index contributed by atoms with van der Waals surface area (Å²) >= 11 is 0. The Kier molecular flexibility index (Phi) is 26.4. The second-order valence-corrected chi connectivity index (χ2v) is 21.8. The molecule has 88 heavy (non-hydrogen) atoms. The molecule has 4 unspecified atom stereocenters. The predicted octanol–water partition coefficient (Wildman–Crippen LogP) is -1.19. The van der Waals surface area contributed by atoms with E-state index in [1.165, 1.54) is 43.4 Å². The molecule has 4 aromatic carbocycles. The van der Waals surface area contributed by atoms with Gasteiger partial charge in [-0.1, -0.05) is 54.6 Å². The summed E-state index contributed by atoms with van der Waals surface area (Å²) in [5.74, 6) is -7.99. The molecular weight excluding hydrogens is 1140 g/mol. The van der Waals surface area contributed by atoms with Crippen LogP contribution in [0.2, 0.25) is 0 Å². The van der Waals surface area contributed by atoms with Crippen LogP contribution in [0.3, 0.4) is 0 Å². The lowest BCUT2D eigenvalue weighted by atomic mass is 10.0. The molecule has 0 radical (unpaired) electrons. The van der Waals surface area contributed by atoms with Gasteiger partial charge >= 0.3 is 17.9 Å². The smallest absolute Gasteiger partial charge is 0.317 e. The highest BCUT2D eigenvalue weighted by molar-refractivity contribution is 5.98. The predicted molar refractivity (Wildman–Crippen MR) is 325 cm³/mol. The fraction of sp³-hybridized carbons (Fsp3) is 0.450. The number of aliphatic carboxylic acids is 3. The first-order valence-electron chi connectivity index (χ1n) is 29.1. The molecule has 2 saturated heterocycles. The number of aromatic hydroxyl groups is 1. The van der Waals surface area contributed by atoms with Crippen LogP contribution >= 0.6 is 0 Å². The molecule has 7 amide bonds. The lowest BCUT2D eigenvalue weighted by Crippen LogP contribution is -2.58. The number of nitrogens with two attached hydrogens (primary N) is 2. The topological polar surface area (TPSA) is 404 Å². The molecule has 0 aromatic heterocycles. The van der Waals surface area contributed by atoms with Gasteiger partial charge in [-0.25, -0.2) is 0 Å². The summed E-state index contributed by atoms with van der Waals surface area (Å²) in [6.45, 7) is 0.177. The van der Waals surface area contributed by atoms with Gasteiger partial charge in [-0.2, -0.15) is 0 Å². The van der Waals surface area contributed by atoms with Crippen LogP contribution in [0, 0.1) is 0 Å². The summed E-state index contributed by atoms with van der Waals surface area (Å²) in [5.41, 5.74) is 13.1. The standard InChI is InChI=1S/C60H80N14O14/c1-70-49(9-5-22-63-55(84)42-15-17-44(18-16-42)66-51(77)35-71-24-26-72(36-52(78)79)28-30-74(38-54(82)83)31-29-73(27-25-71)37-53(80)81)58(87)69-46(8-4-23-64-60(61)62)57(86)68-47(21-13-39-10-14-41-6-2-3-7-43(41)32-39)56(85)65-34-50(76)67-48(59(70)88)33-40-11-19-45(75)20-12-40/h2-3,6-7,10-12,14-20,32,46-49,75H,4-5,8-9,13,21-31,33-38H2,1H3,(H,63,84)(H,65,85)(H,66,77)(H,67,76)(H,68,86)(H,69,87)(H,78,79)(H,80,81)(H,82,83)(H4,61,62,64). The van der Waals surface area contributed by atoms with Gasteiger partial charge in [0.1, 0.15) is 29.9 Å². The summed E-state index contributed by atoms with van der Waals surface area (Å²) in [5, 5.41) is 57.2. The second kappa shape index (κ2) is 34.2. The van der Waals surface area contributed by atoms with Crippen LogP contribution in [-0.2, 0) is 56.0 Å². The van der Waals surface area contributed by atoms with Crippen LogP contribution in [0.25, 0.3) is 10.8 Å². The highest BCUT2D eigenvalue weighted by Crippen LogP contribution is 2.19. The van der Waals surface area contributed by atoms with Crippen molar-refractivity contribution in [3.05, 3.63) is 108 Å². The number of hydrogen-bond acceptors (Lipinski definition) is 16. The summed E-state index contributed by atoms with van der Waals surface area (Å²) in [6, 6.07) is 20.6. The number of nitrogens with zero attached hydrogens (tertiary/aromatic N) is 6. The van der Waals surface area contributed by atoms with E-state index in [-0.39, 0.29) is 147 Å². The molecule has 0 saturated carbocycles. The van der Waals surface area contributed by atoms with Crippen molar-refractivity contribution in [2.75, 3.05) is 111 Å². The van der Waals surface area contributed by atoms with Crippen molar-refractivity contribution in [1.29, 1.82) is 0 Å². The fourth-order valence-electron chi connectivity index (χ4n) is 10.3. The number of guanidine groups is 1. The third-order valence-corrected chi connectivity index (χ3v) is 15.0. The Morgan fingerprint density at radius 2 is 1.15 bits per heavy atom. The van der Waals surface area contributed by atoms with Crippen LogP contribution in [0.4, 0.5) is 5.69 Å². The zero-order chi connectivity index (χ0) is 63.7. The van der Waals surface area contributed by atoms with Gasteiger partial charge in [-0.3, -0.25) is 72.5 Å². The van der Waals surface area contributed by atoms with Gasteiger partial charge in [0, 0.05) is 90.2 Å². The van der Waals surface area contributed by atoms with E-state index in [9.17, 15) is 68.4 Å². The zero-order valence-corrected chi connectivity index (χ0v) is 49.2. The van der Waals surface area contributed by atoms with Crippen molar-refractivity contribution in [1.82, 2.24) is 51.1 Å². The van der Waals surface area contributed by atoms with Gasteiger partial charge in [0.05, 0.1) is 32.7 Å². The quantitative estimate of drug-likeness (QED) is 0.0236. The molecule has 6 rings (SSSR count). The third kappa shape index (κ3) is 22.9. The van der Waals surface area contributed by atoms with E-state index in [1.807, 2.05) is 42.5 Å². The van der Waals surface area contributed by atoms with Crippen LogP contribution in [0.1, 0.15) is 53.6 Å². The lowest BCUT2D eigenvalue weighted by molar-refractivity contribution is -0.142. The minimum absolute atomic E-state index is 0.00136. The first-order chi connectivity index (χ1) is 42.1. The number of amides is 7. The summed E-state index contributed by atoms with van der Waals surface area (Å²) < 4.78 is 0. The van der Waals surface area contributed by atoms with Gasteiger partial charge in [-0.15, -0.1) is 0 Å². The molecule has 2 aliphatic rings. The lowest BCUT2D eigenvalue weighted by Gasteiger charge is -2.32. The molecule has 474 valence electrons. The van der Waals surface area contributed by atoms with Gasteiger partial charge in [0.25, 0.3) is 5.91 Å². The molecule has 14 N–H and O–H groups in total. The van der Waals surface area contributed by atoms with E-state index in [2.05, 4.69) is 36.9 Å². The number of nitrogens with one attached hydrogen (secondary N) is 6. The number of aliphatic imine (C=N–C) groups is 1. The number of likely N-dealkylation sites (N-methyl/N-ethyl adjacent to an activating group) is 1. The van der Waals surface area contributed by atoms with Crippen LogP contribution in [-0.4, -0.2) is 240 Å². The van der Waals surface area contributed by atoms with Crippen molar-refractivity contribution >= 4 is 81.7 Å². The summed E-state index contributed by atoms with van der Waals surface area (Å²) in [4.78, 5) is 145. The molecule has 0 bridgehead atoms. The number of carboxylic acid groups (broad SMARTS) is 3. The van der Waals surface area contributed by atoms with E-state index < -0.39 is 90.0 Å². The number of carbonyl (C=O) groups excluding carboxylic acids is 7. The molecule has 0 spiro atoms. The molecule has 2 fully saturated rings. The first-order valence-corrected chi connectivity index (χ1v) is 29.1. The molecule has 4 aromatic rings. The monoisotopic (exact) mass is 1220 g/mol. The Labute approximate surface area is 509 Å². The van der Waals surface area contributed by atoms with Crippen molar-refractivity contribution in [2.24, 2.45) is 16.5 Å². The second-order valence-electron chi connectivity index (χ2n) is 21.8. The van der Waals surface area contributed by atoms with Crippen molar-refractivity contribution in [3.63, 3.8) is 0 Å². The first kappa shape index (κ1) is 67.9. The van der Waals surface area contributed by atoms with Gasteiger partial charge in [-0.05, 0) is 96.8 Å². The maximum Gasteiger partial charge on any atom is 0.317 e. The van der Waals surface area contributed by atoms with Gasteiger partial charge in [0.15, 0.2) is 5.96 Å². The van der Waals surface area contributed by atoms with Crippen molar-refractivity contribution in [3.8, 4) is 5.75 Å². The highest BCUT2D eigenvalue weighted by atomic mass is 16.4. The largest absolute Gasteiger partial charge is 0.508 e. The van der Waals surface area contributed by atoms with Gasteiger partial charge < -0.3 is 68.7 Å². The Bertz CT molecular complexity index is 3080. The molecule has 28 heteroatoms. The molecule has 4 atom stereocenters. The minimum Gasteiger partial charge on any atom is -0.508 e. The Balaban J connectivity index is 1.14. The number of anilines is 1. The highest BCUT2D eigenvalue weighted by Gasteiger charge is 2.36. The molecule has 0 aliphatic carbocycles. The number of phenols is 1. The Hall–Kier alpha value is -9.25. The SMILES string of the molecule is CN1C(=O)C(Cc2ccc(O)cc2)NC(=O)CNC(=O)C(CCc2ccc3ccccc3c2)NC(=O)C(CCCN=C(N)N)NC(=O)C1CCCNC(=O)c1ccc(NC(=O)CN2CCN(CC(=O)O)CCN(CC(=O)O)CCN(CC(=O)O)CC2)cc1. The van der Waals surface area contributed by atoms with E-state index in [4.69, 9.17) is 11.5 Å². The number of carboxylic acids is 3. The summed E-state index contributed by atoms with van der Waals surface area (Å²) in [6.07, 6.45) is 0.624. The zero-order valence-electron chi connectivity index (χ0n) is 49.2. The van der Waals surface area contributed by atoms with Crippen LogP contribution in [0.15, 0.2) is 96.0 Å². The third-order valence-electron chi connectivity index (χ3n) is 15.0. The molecular formula is C60H80N14O14. The number of benzene rings is 4. The number of aryl methyl sites for hydroxylation is 1.